The molecule has 3 fully saturated rings. The molecule has 4 aromatic carbocycles. The van der Waals surface area contributed by atoms with Gasteiger partial charge in [0, 0.05) is 7.11 Å². The van der Waals surface area contributed by atoms with Crippen molar-refractivity contribution < 1.29 is 56.9 Å². The van der Waals surface area contributed by atoms with Crippen molar-refractivity contribution in [2.75, 3.05) is 34.5 Å². The summed E-state index contributed by atoms with van der Waals surface area (Å²) in [5, 5.41) is 14.1. The van der Waals surface area contributed by atoms with E-state index in [1.165, 1.54) is 7.11 Å². The van der Waals surface area contributed by atoms with Gasteiger partial charge in [0.2, 0.25) is 0 Å². The van der Waals surface area contributed by atoms with E-state index >= 15 is 0 Å². The van der Waals surface area contributed by atoms with Crippen molar-refractivity contribution in [2.45, 2.75) is 126 Å². The van der Waals surface area contributed by atoms with Crippen LogP contribution in [-0.2, 0) is 55.5 Å². The predicted octanol–water partition coefficient (Wildman–Crippen LogP) is 6.73. The minimum Gasteiger partial charge on any atom is -0.497 e. The normalized spacial score (nSPS) is 29.4. The molecule has 12 nitrogen and oxygen atoms in total. The van der Waals surface area contributed by atoms with Gasteiger partial charge in [-0.25, -0.2) is 0 Å². The molecule has 3 heterocycles. The number of hydrogen-bond acceptors (Lipinski definition) is 12. The van der Waals surface area contributed by atoms with Crippen LogP contribution >= 0.6 is 0 Å². The van der Waals surface area contributed by atoms with Crippen LogP contribution in [0.1, 0.15) is 52.7 Å². The zero-order valence-electron chi connectivity index (χ0n) is 38.6. The smallest absolute Gasteiger partial charge is 0.261 e. The molecule has 4 unspecified atom stereocenters. The summed E-state index contributed by atoms with van der Waals surface area (Å²) in [7, 11) is 1.72. The van der Waals surface area contributed by atoms with Gasteiger partial charge in [-0.1, -0.05) is 112 Å². The molecule has 0 spiro atoms. The van der Waals surface area contributed by atoms with E-state index in [4.69, 9.17) is 51.8 Å². The van der Waals surface area contributed by atoms with Crippen LogP contribution in [0.25, 0.3) is 0 Å². The van der Waals surface area contributed by atoms with E-state index in [1.807, 2.05) is 81.4 Å². The Kier molecular flexibility index (Phi) is 15.2. The van der Waals surface area contributed by atoms with Gasteiger partial charge in [0.15, 0.2) is 12.1 Å². The van der Waals surface area contributed by atoms with Crippen LogP contribution < -0.4 is 19.8 Å². The first-order valence-electron chi connectivity index (χ1n) is 22.1. The van der Waals surface area contributed by atoms with Gasteiger partial charge in [-0.3, -0.25) is 0 Å². The van der Waals surface area contributed by atoms with E-state index in [0.29, 0.717) is 0 Å². The number of fused-ring (bicyclic) bond motifs is 1. The number of aliphatic hydroxyl groups is 1. The zero-order valence-corrected chi connectivity index (χ0v) is 39.6. The first kappa shape index (κ1) is 48.0. The van der Waals surface area contributed by atoms with Gasteiger partial charge in [-0.15, -0.1) is 6.58 Å². The lowest BCUT2D eigenvalue weighted by Gasteiger charge is -2.56. The molecule has 4 aromatic rings. The highest BCUT2D eigenvalue weighted by Crippen LogP contribution is 2.44. The Hall–Kier alpha value is -3.96. The zero-order chi connectivity index (χ0) is 45.7. The van der Waals surface area contributed by atoms with Crippen LogP contribution in [0.5, 0.6) is 11.5 Å². The van der Waals surface area contributed by atoms with Crippen LogP contribution in [0.15, 0.2) is 122 Å². The molecule has 3 aliphatic rings. The molecule has 7 rings (SSSR count). The summed E-state index contributed by atoms with van der Waals surface area (Å²) in [5.74, 6) is 0.514. The minimum atomic E-state index is -3.09. The molecule has 13 heteroatoms. The molecule has 0 aromatic heterocycles. The lowest BCUT2D eigenvalue weighted by molar-refractivity contribution is -0.416. The van der Waals surface area contributed by atoms with Crippen LogP contribution in [0.3, 0.4) is 0 Å². The summed E-state index contributed by atoms with van der Waals surface area (Å²) in [6, 6.07) is 36.4. The van der Waals surface area contributed by atoms with E-state index in [1.54, 1.807) is 20.3 Å². The third-order valence-electron chi connectivity index (χ3n) is 12.6. The molecular weight excluding hydrogens is 833 g/mol. The van der Waals surface area contributed by atoms with Crippen molar-refractivity contribution in [1.29, 1.82) is 0 Å². The second-order valence-corrected chi connectivity index (χ2v) is 22.6. The molecule has 0 saturated carbocycles. The molecule has 0 radical (unpaired) electrons. The first-order chi connectivity index (χ1) is 30.7. The highest BCUT2D eigenvalue weighted by Gasteiger charge is 2.61. The lowest BCUT2D eigenvalue weighted by Crippen LogP contribution is -2.72. The standard InChI is InChI=1S/C51H66O12Si/c1-11-51-33-58-50(6,7)62-47(51)45(55-10)42(52)48(63-51)61-44-41(32-59-64(49(3,4)5,39-18-14-12-15-19-39)40-20-16-13-17-21-40)60-34(2)43(56-30-35-22-26-37(53-8)27-23-35)46(44)57-31-36-24-28-38(54-9)29-25-36/h11-29,34,41-48,52H,1,30-33H2,2-10H3/t34-,41?,42?,43?,44-,45-,46+,47+,48-,51?/m1/s1. The largest absolute Gasteiger partial charge is 0.497 e. The summed E-state index contributed by atoms with van der Waals surface area (Å²) in [5.41, 5.74) is 0.617. The summed E-state index contributed by atoms with van der Waals surface area (Å²) in [6.07, 6.45) is -6.18. The van der Waals surface area contributed by atoms with E-state index in [-0.39, 0.29) is 31.5 Å². The monoisotopic (exact) mass is 898 g/mol. The minimum absolute atomic E-state index is 0.0875. The van der Waals surface area contributed by atoms with Crippen molar-refractivity contribution in [3.63, 3.8) is 0 Å². The molecule has 3 saturated heterocycles. The number of ether oxygens (including phenoxy) is 10. The van der Waals surface area contributed by atoms with Crippen LogP contribution in [0, 0.1) is 0 Å². The quantitative estimate of drug-likeness (QED) is 0.0894. The van der Waals surface area contributed by atoms with Gasteiger partial charge in [0.05, 0.1) is 46.8 Å². The van der Waals surface area contributed by atoms with Crippen LogP contribution in [-0.4, -0.2) is 114 Å². The van der Waals surface area contributed by atoms with Crippen molar-refractivity contribution >= 4 is 18.7 Å². The average Bonchev–Trinajstić information content (AvgIpc) is 3.30. The SMILES string of the molecule is C=CC12COC(C)(C)O[C@H]1[C@H](OC)C(O)[C@H](O[C@@H]1C(CO[Si](c3ccccc3)(c3ccccc3)C(C)(C)C)O[C@H](C)C(OCc3ccc(OC)cc3)[C@@H]1OCc1ccc(OC)cc1)O2. The number of rotatable bonds is 17. The Labute approximate surface area is 379 Å². The van der Waals surface area contributed by atoms with E-state index < -0.39 is 74.8 Å². The molecule has 0 aliphatic carbocycles. The molecule has 0 bridgehead atoms. The summed E-state index contributed by atoms with van der Waals surface area (Å²) >= 11 is 0. The number of aliphatic hydroxyl groups excluding tert-OH is 1. The van der Waals surface area contributed by atoms with E-state index in [9.17, 15) is 5.11 Å². The highest BCUT2D eigenvalue weighted by molar-refractivity contribution is 6.99. The predicted molar refractivity (Wildman–Crippen MR) is 245 cm³/mol. The Balaban J connectivity index is 1.30. The fourth-order valence-electron chi connectivity index (χ4n) is 9.24. The van der Waals surface area contributed by atoms with Gasteiger partial charge < -0.3 is 56.9 Å². The third kappa shape index (κ3) is 10.1. The van der Waals surface area contributed by atoms with Gasteiger partial charge in [0.25, 0.3) is 8.32 Å². The molecular formula is C51H66O12Si. The van der Waals surface area contributed by atoms with E-state index in [0.717, 1.165) is 33.0 Å². The summed E-state index contributed by atoms with van der Waals surface area (Å²) < 4.78 is 71.7. The maximum atomic E-state index is 12.2. The Morgan fingerprint density at radius 1 is 0.734 bits per heavy atom. The number of methoxy groups -OCH3 is 3. The topological polar surface area (TPSA) is 122 Å². The van der Waals surface area contributed by atoms with Gasteiger partial charge >= 0.3 is 0 Å². The maximum absolute atomic E-state index is 12.2. The molecule has 3 aliphatic heterocycles. The molecule has 1 N–H and O–H groups in total. The van der Waals surface area contributed by atoms with Crippen LogP contribution in [0.4, 0.5) is 0 Å². The highest BCUT2D eigenvalue weighted by atomic mass is 28.4. The maximum Gasteiger partial charge on any atom is 0.261 e. The fraction of sp³-hybridized carbons (Fsp3) is 0.490. The van der Waals surface area contributed by atoms with Crippen LogP contribution in [0.2, 0.25) is 5.04 Å². The average molecular weight is 899 g/mol. The van der Waals surface area contributed by atoms with Gasteiger partial charge in [0.1, 0.15) is 59.8 Å². The van der Waals surface area contributed by atoms with Crippen molar-refractivity contribution in [1.82, 2.24) is 0 Å². The second kappa shape index (κ2) is 20.3. The number of hydrogen-bond donors (Lipinski definition) is 1. The van der Waals surface area contributed by atoms with Crippen molar-refractivity contribution in [3.05, 3.63) is 133 Å². The Bertz CT molecular complexity index is 2040. The van der Waals surface area contributed by atoms with Gasteiger partial charge in [-0.05, 0) is 71.6 Å². The van der Waals surface area contributed by atoms with Crippen molar-refractivity contribution in [3.8, 4) is 11.5 Å². The van der Waals surface area contributed by atoms with E-state index in [2.05, 4.69) is 75.9 Å². The molecule has 64 heavy (non-hydrogen) atoms. The van der Waals surface area contributed by atoms with Gasteiger partial charge in [-0.2, -0.15) is 0 Å². The number of benzene rings is 4. The summed E-state index contributed by atoms with van der Waals surface area (Å²) in [4.78, 5) is 0. The lowest BCUT2D eigenvalue weighted by atomic mass is 9.85. The second-order valence-electron chi connectivity index (χ2n) is 18.3. The fourth-order valence-corrected chi connectivity index (χ4v) is 13.8. The third-order valence-corrected chi connectivity index (χ3v) is 17.7. The molecule has 0 amide bonds. The molecule has 10 atom stereocenters. The van der Waals surface area contributed by atoms with Crippen molar-refractivity contribution in [2.24, 2.45) is 0 Å². The Morgan fingerprint density at radius 2 is 1.27 bits per heavy atom. The summed E-state index contributed by atoms with van der Waals surface area (Å²) in [6.45, 7) is 17.1. The first-order valence-corrected chi connectivity index (χ1v) is 24.0. The molecule has 346 valence electrons. The Morgan fingerprint density at radius 3 is 1.75 bits per heavy atom.